The zero-order chi connectivity index (χ0) is 20.9. The van der Waals surface area contributed by atoms with Crippen molar-refractivity contribution in [1.82, 2.24) is 9.62 Å². The Morgan fingerprint density at radius 3 is 2.18 bits per heavy atom. The topological polar surface area (TPSA) is 95.6 Å². The molecule has 2 rings (SSSR count). The molecule has 150 valence electrons. The van der Waals surface area contributed by atoms with Crippen molar-refractivity contribution in [3.8, 4) is 0 Å². The molecule has 28 heavy (non-hydrogen) atoms. The predicted molar refractivity (Wildman–Crippen MR) is 111 cm³/mol. The minimum absolute atomic E-state index is 0.0882. The molecule has 0 saturated carbocycles. The van der Waals surface area contributed by atoms with E-state index in [2.05, 4.69) is 10.0 Å². The van der Waals surface area contributed by atoms with Crippen LogP contribution in [0, 0.1) is 0 Å². The van der Waals surface area contributed by atoms with Crippen LogP contribution in [0.3, 0.4) is 0 Å². The molecular formula is C19H23N3O4S2. The average molecular weight is 422 g/mol. The SMILES string of the molecule is CC(C)NS(=O)(=O)c1ccc(C(=O)Nc2ccccc2SC(=O)N(C)C)cc1. The second kappa shape index (κ2) is 9.22. The van der Waals surface area contributed by atoms with Crippen molar-refractivity contribution in [2.24, 2.45) is 0 Å². The quantitative estimate of drug-likeness (QED) is 0.697. The minimum Gasteiger partial charge on any atom is -0.339 e. The highest BCUT2D eigenvalue weighted by atomic mass is 32.2. The molecule has 2 aromatic carbocycles. The van der Waals surface area contributed by atoms with Gasteiger partial charge in [-0.2, -0.15) is 0 Å². The number of para-hydroxylation sites is 1. The van der Waals surface area contributed by atoms with Crippen molar-refractivity contribution >= 4 is 38.6 Å². The molecule has 0 aliphatic rings. The molecule has 0 bridgehead atoms. The fourth-order valence-corrected chi connectivity index (χ4v) is 4.20. The third kappa shape index (κ3) is 5.82. The van der Waals surface area contributed by atoms with E-state index in [0.29, 0.717) is 16.1 Å². The molecule has 0 unspecified atom stereocenters. The Labute approximate surface area is 169 Å². The molecule has 0 aromatic heterocycles. The van der Waals surface area contributed by atoms with Crippen molar-refractivity contribution in [3.05, 3.63) is 54.1 Å². The number of carbonyl (C=O) groups is 2. The van der Waals surface area contributed by atoms with E-state index in [1.165, 1.54) is 29.2 Å². The summed E-state index contributed by atoms with van der Waals surface area (Å²) >= 11 is 1.01. The highest BCUT2D eigenvalue weighted by molar-refractivity contribution is 8.13. The van der Waals surface area contributed by atoms with E-state index >= 15 is 0 Å². The van der Waals surface area contributed by atoms with Crippen LogP contribution in [0.15, 0.2) is 58.3 Å². The summed E-state index contributed by atoms with van der Waals surface area (Å²) in [6, 6.07) is 12.4. The van der Waals surface area contributed by atoms with Gasteiger partial charge < -0.3 is 10.2 Å². The van der Waals surface area contributed by atoms with Gasteiger partial charge in [0.1, 0.15) is 0 Å². The zero-order valence-electron chi connectivity index (χ0n) is 16.1. The lowest BCUT2D eigenvalue weighted by atomic mass is 10.2. The number of carbonyl (C=O) groups excluding carboxylic acids is 2. The number of amides is 2. The normalized spacial score (nSPS) is 11.3. The van der Waals surface area contributed by atoms with E-state index in [1.807, 2.05) is 0 Å². The first kappa shape index (κ1) is 21.9. The molecule has 7 nitrogen and oxygen atoms in total. The van der Waals surface area contributed by atoms with Gasteiger partial charge in [0.15, 0.2) is 0 Å². The van der Waals surface area contributed by atoms with Crippen LogP contribution < -0.4 is 10.0 Å². The molecule has 0 aliphatic carbocycles. The summed E-state index contributed by atoms with van der Waals surface area (Å²) in [4.78, 5) is 26.6. The number of nitrogens with zero attached hydrogens (tertiary/aromatic N) is 1. The molecule has 2 aromatic rings. The molecule has 9 heteroatoms. The third-order valence-electron chi connectivity index (χ3n) is 3.52. The summed E-state index contributed by atoms with van der Waals surface area (Å²) in [5.74, 6) is -0.397. The van der Waals surface area contributed by atoms with E-state index < -0.39 is 15.9 Å². The lowest BCUT2D eigenvalue weighted by molar-refractivity contribution is 0.102. The standard InChI is InChI=1S/C19H23N3O4S2/c1-13(2)21-28(25,26)15-11-9-14(10-12-15)18(23)20-16-7-5-6-8-17(16)27-19(24)22(3)4/h5-13,21H,1-4H3,(H,20,23). The minimum atomic E-state index is -3.62. The molecule has 0 spiro atoms. The largest absolute Gasteiger partial charge is 0.339 e. The lowest BCUT2D eigenvalue weighted by Crippen LogP contribution is -2.30. The van der Waals surface area contributed by atoms with Crippen LogP contribution in [0.5, 0.6) is 0 Å². The van der Waals surface area contributed by atoms with Gasteiger partial charge >= 0.3 is 0 Å². The highest BCUT2D eigenvalue weighted by Crippen LogP contribution is 2.29. The fourth-order valence-electron chi connectivity index (χ4n) is 2.20. The summed E-state index contributed by atoms with van der Waals surface area (Å²) < 4.78 is 26.8. The second-order valence-corrected chi connectivity index (χ2v) is 9.22. The van der Waals surface area contributed by atoms with Crippen LogP contribution in [0.1, 0.15) is 24.2 Å². The Kier molecular flexibility index (Phi) is 7.22. The first-order valence-electron chi connectivity index (χ1n) is 8.52. The maximum absolute atomic E-state index is 12.5. The summed E-state index contributed by atoms with van der Waals surface area (Å²) in [5.41, 5.74) is 0.813. The number of thioether (sulfide) groups is 1. The van der Waals surface area contributed by atoms with Gasteiger partial charge in [0.05, 0.1) is 10.6 Å². The van der Waals surface area contributed by atoms with Crippen molar-refractivity contribution in [2.45, 2.75) is 29.7 Å². The smallest absolute Gasteiger partial charge is 0.286 e. The van der Waals surface area contributed by atoms with Gasteiger partial charge in [0.25, 0.3) is 11.1 Å². The van der Waals surface area contributed by atoms with Crippen LogP contribution in [0.2, 0.25) is 0 Å². The first-order valence-corrected chi connectivity index (χ1v) is 10.8. The highest BCUT2D eigenvalue weighted by Gasteiger charge is 2.17. The molecule has 0 aliphatic heterocycles. The number of rotatable bonds is 6. The van der Waals surface area contributed by atoms with Crippen LogP contribution in [-0.4, -0.2) is 44.6 Å². The second-order valence-electron chi connectivity index (χ2n) is 6.51. The summed E-state index contributed by atoms with van der Waals surface area (Å²) in [6.07, 6.45) is 0. The Balaban J connectivity index is 2.17. The maximum atomic E-state index is 12.5. The lowest BCUT2D eigenvalue weighted by Gasteiger charge is -2.13. The summed E-state index contributed by atoms with van der Waals surface area (Å²) in [5, 5.41) is 2.61. The van der Waals surface area contributed by atoms with Crippen LogP contribution in [-0.2, 0) is 10.0 Å². The molecule has 0 heterocycles. The Hall–Kier alpha value is -2.36. The average Bonchev–Trinajstić information content (AvgIpc) is 2.62. The van der Waals surface area contributed by atoms with Gasteiger partial charge in [-0.3, -0.25) is 9.59 Å². The predicted octanol–water partition coefficient (Wildman–Crippen LogP) is 3.40. The molecule has 2 N–H and O–H groups in total. The fraction of sp³-hybridized carbons (Fsp3) is 0.263. The van der Waals surface area contributed by atoms with Crippen LogP contribution in [0.4, 0.5) is 10.5 Å². The summed E-state index contributed by atoms with van der Waals surface area (Å²) in [6.45, 7) is 3.46. The van der Waals surface area contributed by atoms with E-state index in [-0.39, 0.29) is 16.2 Å². The number of nitrogens with one attached hydrogen (secondary N) is 2. The molecule has 2 amide bonds. The molecular weight excluding hydrogens is 398 g/mol. The maximum Gasteiger partial charge on any atom is 0.286 e. The third-order valence-corrected chi connectivity index (χ3v) is 6.31. The van der Waals surface area contributed by atoms with Gasteiger partial charge in [-0.05, 0) is 62.0 Å². The number of sulfonamides is 1. The number of anilines is 1. The molecule has 0 fully saturated rings. The van der Waals surface area contributed by atoms with E-state index in [0.717, 1.165) is 11.8 Å². The van der Waals surface area contributed by atoms with Crippen LogP contribution >= 0.6 is 11.8 Å². The first-order chi connectivity index (χ1) is 13.1. The van der Waals surface area contributed by atoms with Gasteiger partial charge in [0.2, 0.25) is 10.0 Å². The van der Waals surface area contributed by atoms with Crippen LogP contribution in [0.25, 0.3) is 0 Å². The van der Waals surface area contributed by atoms with E-state index in [1.54, 1.807) is 52.2 Å². The van der Waals surface area contributed by atoms with Crippen molar-refractivity contribution in [1.29, 1.82) is 0 Å². The zero-order valence-corrected chi connectivity index (χ0v) is 17.7. The van der Waals surface area contributed by atoms with Gasteiger partial charge in [-0.15, -0.1) is 0 Å². The molecule has 0 atom stereocenters. The van der Waals surface area contributed by atoms with Gasteiger partial charge in [-0.25, -0.2) is 13.1 Å². The van der Waals surface area contributed by atoms with Gasteiger partial charge in [0, 0.05) is 30.6 Å². The summed E-state index contributed by atoms with van der Waals surface area (Å²) in [7, 11) is -0.310. The van der Waals surface area contributed by atoms with Crippen molar-refractivity contribution in [2.75, 3.05) is 19.4 Å². The monoisotopic (exact) mass is 421 g/mol. The molecule has 0 saturated heterocycles. The van der Waals surface area contributed by atoms with Crippen molar-refractivity contribution < 1.29 is 18.0 Å². The number of hydrogen-bond donors (Lipinski definition) is 2. The Morgan fingerprint density at radius 1 is 1.00 bits per heavy atom. The Morgan fingerprint density at radius 2 is 1.61 bits per heavy atom. The van der Waals surface area contributed by atoms with E-state index in [9.17, 15) is 18.0 Å². The van der Waals surface area contributed by atoms with E-state index in [4.69, 9.17) is 0 Å². The molecule has 0 radical (unpaired) electrons. The van der Waals surface area contributed by atoms with Crippen molar-refractivity contribution in [3.63, 3.8) is 0 Å². The van der Waals surface area contributed by atoms with Gasteiger partial charge in [-0.1, -0.05) is 12.1 Å². The number of hydrogen-bond acceptors (Lipinski definition) is 5. The Bertz CT molecular complexity index is 955. The number of benzene rings is 2.